The summed E-state index contributed by atoms with van der Waals surface area (Å²) >= 11 is 0. The zero-order valence-corrected chi connectivity index (χ0v) is 11.2. The van der Waals surface area contributed by atoms with Crippen molar-refractivity contribution in [3.63, 3.8) is 0 Å². The molecule has 0 aromatic carbocycles. The summed E-state index contributed by atoms with van der Waals surface area (Å²) < 4.78 is 0. The molecule has 0 spiro atoms. The van der Waals surface area contributed by atoms with E-state index in [1.807, 2.05) is 4.90 Å². The van der Waals surface area contributed by atoms with Crippen LogP contribution in [0.2, 0.25) is 0 Å². The van der Waals surface area contributed by atoms with Gasteiger partial charge in [-0.25, -0.2) is 0 Å². The third-order valence-electron chi connectivity index (χ3n) is 3.64. The van der Waals surface area contributed by atoms with Gasteiger partial charge in [-0.2, -0.15) is 0 Å². The molecule has 100 valence electrons. The highest BCUT2D eigenvalue weighted by Crippen LogP contribution is 2.14. The van der Waals surface area contributed by atoms with E-state index in [1.165, 1.54) is 25.7 Å². The predicted molar refractivity (Wildman–Crippen MR) is 69.3 cm³/mol. The number of piperazine rings is 1. The first kappa shape index (κ1) is 14.5. The van der Waals surface area contributed by atoms with Crippen molar-refractivity contribution < 1.29 is 9.90 Å². The molecule has 0 aromatic rings. The second kappa shape index (κ2) is 7.67. The van der Waals surface area contributed by atoms with Gasteiger partial charge in [-0.3, -0.25) is 14.6 Å². The molecule has 17 heavy (non-hydrogen) atoms. The van der Waals surface area contributed by atoms with Crippen LogP contribution in [0.4, 0.5) is 0 Å². The molecule has 0 bridgehead atoms. The Labute approximate surface area is 105 Å². The second-order valence-electron chi connectivity index (χ2n) is 4.91. The van der Waals surface area contributed by atoms with Crippen molar-refractivity contribution in [2.75, 3.05) is 32.7 Å². The maximum absolute atomic E-state index is 10.6. The molecule has 0 amide bonds. The molecular weight excluding hydrogens is 216 g/mol. The molecular formula is C13H26N2O2. The molecule has 1 heterocycles. The lowest BCUT2D eigenvalue weighted by atomic mass is 10.0. The van der Waals surface area contributed by atoms with E-state index in [2.05, 4.69) is 18.7 Å². The molecule has 0 aliphatic carbocycles. The average molecular weight is 242 g/mol. The molecule has 1 saturated heterocycles. The standard InChI is InChI=1S/C13H26N2O2/c1-3-5-6-12(4-2)15-9-7-14(8-10-15)11-13(16)17/h12H,3-11H2,1-2H3,(H,16,17). The molecule has 1 atom stereocenters. The second-order valence-corrected chi connectivity index (χ2v) is 4.91. The number of carboxylic acids is 1. The minimum atomic E-state index is -0.712. The lowest BCUT2D eigenvalue weighted by Crippen LogP contribution is -2.51. The minimum absolute atomic E-state index is 0.194. The Morgan fingerprint density at radius 1 is 1.24 bits per heavy atom. The van der Waals surface area contributed by atoms with E-state index in [-0.39, 0.29) is 6.54 Å². The highest BCUT2D eigenvalue weighted by Gasteiger charge is 2.23. The smallest absolute Gasteiger partial charge is 0.317 e. The summed E-state index contributed by atoms with van der Waals surface area (Å²) in [6.45, 7) is 8.52. The average Bonchev–Trinajstić information content (AvgIpc) is 2.31. The predicted octanol–water partition coefficient (Wildman–Crippen LogP) is 1.66. The maximum Gasteiger partial charge on any atom is 0.317 e. The van der Waals surface area contributed by atoms with E-state index in [4.69, 9.17) is 5.11 Å². The number of hydrogen-bond acceptors (Lipinski definition) is 3. The first-order valence-electron chi connectivity index (χ1n) is 6.85. The highest BCUT2D eigenvalue weighted by molar-refractivity contribution is 5.69. The number of nitrogens with zero attached hydrogens (tertiary/aromatic N) is 2. The number of carboxylic acid groups (broad SMARTS) is 1. The summed E-state index contributed by atoms with van der Waals surface area (Å²) in [4.78, 5) is 15.2. The Morgan fingerprint density at radius 3 is 2.35 bits per heavy atom. The van der Waals surface area contributed by atoms with Gasteiger partial charge in [0, 0.05) is 32.2 Å². The van der Waals surface area contributed by atoms with Gasteiger partial charge in [0.2, 0.25) is 0 Å². The fourth-order valence-corrected chi connectivity index (χ4v) is 2.56. The molecule has 0 radical (unpaired) electrons. The van der Waals surface area contributed by atoms with E-state index in [0.29, 0.717) is 6.04 Å². The largest absolute Gasteiger partial charge is 0.480 e. The van der Waals surface area contributed by atoms with Crippen LogP contribution < -0.4 is 0 Å². The first-order valence-corrected chi connectivity index (χ1v) is 6.85. The Morgan fingerprint density at radius 2 is 1.88 bits per heavy atom. The normalized spacial score (nSPS) is 20.4. The summed E-state index contributed by atoms with van der Waals surface area (Å²) in [6.07, 6.45) is 5.05. The lowest BCUT2D eigenvalue weighted by Gasteiger charge is -2.38. The van der Waals surface area contributed by atoms with Crippen molar-refractivity contribution in [2.45, 2.75) is 45.6 Å². The van der Waals surface area contributed by atoms with Crippen LogP contribution in [-0.4, -0.2) is 59.6 Å². The van der Waals surface area contributed by atoms with Crippen LogP contribution in [0.5, 0.6) is 0 Å². The van der Waals surface area contributed by atoms with Crippen molar-refractivity contribution in [3.05, 3.63) is 0 Å². The molecule has 1 aliphatic heterocycles. The van der Waals surface area contributed by atoms with Crippen LogP contribution >= 0.6 is 0 Å². The summed E-state index contributed by atoms with van der Waals surface area (Å²) in [6, 6.07) is 0.696. The fourth-order valence-electron chi connectivity index (χ4n) is 2.56. The number of aliphatic carboxylic acids is 1. The Bertz CT molecular complexity index is 225. The Balaban J connectivity index is 2.31. The summed E-state index contributed by atoms with van der Waals surface area (Å²) in [5.74, 6) is -0.712. The van der Waals surface area contributed by atoms with E-state index >= 15 is 0 Å². The van der Waals surface area contributed by atoms with E-state index in [9.17, 15) is 4.79 Å². The van der Waals surface area contributed by atoms with Crippen LogP contribution in [0.3, 0.4) is 0 Å². The number of hydrogen-bond donors (Lipinski definition) is 1. The quantitative estimate of drug-likeness (QED) is 0.737. The molecule has 1 aliphatic rings. The molecule has 4 nitrogen and oxygen atoms in total. The summed E-state index contributed by atoms with van der Waals surface area (Å²) in [5.41, 5.74) is 0. The number of carbonyl (C=O) groups is 1. The molecule has 1 N–H and O–H groups in total. The van der Waals surface area contributed by atoms with Gasteiger partial charge in [0.05, 0.1) is 6.54 Å². The highest BCUT2D eigenvalue weighted by atomic mass is 16.4. The third-order valence-corrected chi connectivity index (χ3v) is 3.64. The molecule has 0 aromatic heterocycles. The zero-order chi connectivity index (χ0) is 12.7. The zero-order valence-electron chi connectivity index (χ0n) is 11.2. The molecule has 1 rings (SSSR count). The van der Waals surface area contributed by atoms with Crippen LogP contribution in [-0.2, 0) is 4.79 Å². The van der Waals surface area contributed by atoms with E-state index in [1.54, 1.807) is 0 Å². The van der Waals surface area contributed by atoms with Gasteiger partial charge in [0.15, 0.2) is 0 Å². The van der Waals surface area contributed by atoms with Crippen LogP contribution in [0.15, 0.2) is 0 Å². The lowest BCUT2D eigenvalue weighted by molar-refractivity contribution is -0.138. The minimum Gasteiger partial charge on any atom is -0.480 e. The summed E-state index contributed by atoms with van der Waals surface area (Å²) in [7, 11) is 0. The van der Waals surface area contributed by atoms with Crippen molar-refractivity contribution in [2.24, 2.45) is 0 Å². The van der Waals surface area contributed by atoms with Crippen molar-refractivity contribution in [1.29, 1.82) is 0 Å². The first-order chi connectivity index (χ1) is 8.17. The Hall–Kier alpha value is -0.610. The van der Waals surface area contributed by atoms with Crippen LogP contribution in [0.1, 0.15) is 39.5 Å². The molecule has 1 unspecified atom stereocenters. The van der Waals surface area contributed by atoms with Gasteiger partial charge in [-0.1, -0.05) is 26.7 Å². The van der Waals surface area contributed by atoms with Gasteiger partial charge in [-0.15, -0.1) is 0 Å². The van der Waals surface area contributed by atoms with Gasteiger partial charge < -0.3 is 5.11 Å². The van der Waals surface area contributed by atoms with Crippen molar-refractivity contribution >= 4 is 5.97 Å². The van der Waals surface area contributed by atoms with Crippen molar-refractivity contribution in [3.8, 4) is 0 Å². The monoisotopic (exact) mass is 242 g/mol. The van der Waals surface area contributed by atoms with Crippen LogP contribution in [0, 0.1) is 0 Å². The number of unbranched alkanes of at least 4 members (excludes halogenated alkanes) is 1. The number of rotatable bonds is 7. The fraction of sp³-hybridized carbons (Fsp3) is 0.923. The molecule has 0 saturated carbocycles. The van der Waals surface area contributed by atoms with Crippen LogP contribution in [0.25, 0.3) is 0 Å². The van der Waals surface area contributed by atoms with Crippen molar-refractivity contribution in [1.82, 2.24) is 9.80 Å². The van der Waals surface area contributed by atoms with E-state index < -0.39 is 5.97 Å². The van der Waals surface area contributed by atoms with E-state index in [0.717, 1.165) is 26.2 Å². The SMILES string of the molecule is CCCCC(CC)N1CCN(CC(=O)O)CC1. The third kappa shape index (κ3) is 5.04. The van der Waals surface area contributed by atoms with Gasteiger partial charge >= 0.3 is 5.97 Å². The van der Waals surface area contributed by atoms with Gasteiger partial charge in [-0.05, 0) is 12.8 Å². The molecule has 4 heteroatoms. The Kier molecular flexibility index (Phi) is 6.52. The van der Waals surface area contributed by atoms with Gasteiger partial charge in [0.1, 0.15) is 0 Å². The maximum atomic E-state index is 10.6. The summed E-state index contributed by atoms with van der Waals surface area (Å²) in [5, 5.41) is 8.75. The van der Waals surface area contributed by atoms with Gasteiger partial charge in [0.25, 0.3) is 0 Å². The molecule has 1 fully saturated rings. The topological polar surface area (TPSA) is 43.8 Å².